The maximum absolute atomic E-state index is 14.0. The van der Waals surface area contributed by atoms with Gasteiger partial charge in [-0.25, -0.2) is 8.78 Å². The molecule has 2 fully saturated rings. The van der Waals surface area contributed by atoms with Gasteiger partial charge in [0.2, 0.25) is 17.7 Å². The SMILES string of the molecule is CCCN1CC(C(=O)N[C@@H](Cc2cc(F)cc(F)c2)[C@H](O)[C@@H]2NCCN(Cc3ccccc3)C2=O)C(CC)C1=O. The number of hydrogen-bond donors (Lipinski definition) is 3. The Morgan fingerprint density at radius 3 is 2.40 bits per heavy atom. The number of piperazine rings is 1. The largest absolute Gasteiger partial charge is 0.389 e. The first-order valence-corrected chi connectivity index (χ1v) is 14.0. The van der Waals surface area contributed by atoms with Crippen molar-refractivity contribution in [2.45, 2.75) is 57.8 Å². The molecule has 40 heavy (non-hydrogen) atoms. The predicted molar refractivity (Wildman–Crippen MR) is 146 cm³/mol. The summed E-state index contributed by atoms with van der Waals surface area (Å²) in [5.41, 5.74) is 1.17. The lowest BCUT2D eigenvalue weighted by Gasteiger charge is -2.38. The fraction of sp³-hybridized carbons (Fsp3) is 0.500. The molecule has 2 aliphatic rings. The van der Waals surface area contributed by atoms with E-state index < -0.39 is 47.6 Å². The van der Waals surface area contributed by atoms with Gasteiger partial charge < -0.3 is 25.5 Å². The van der Waals surface area contributed by atoms with Gasteiger partial charge in [-0.1, -0.05) is 44.2 Å². The van der Waals surface area contributed by atoms with Crippen LogP contribution in [-0.4, -0.2) is 77.0 Å². The van der Waals surface area contributed by atoms with Crippen molar-refractivity contribution in [2.24, 2.45) is 11.8 Å². The van der Waals surface area contributed by atoms with Crippen LogP contribution in [0.3, 0.4) is 0 Å². The summed E-state index contributed by atoms with van der Waals surface area (Å²) in [7, 11) is 0. The van der Waals surface area contributed by atoms with Gasteiger partial charge in [0.25, 0.3) is 0 Å². The van der Waals surface area contributed by atoms with Crippen molar-refractivity contribution in [1.29, 1.82) is 0 Å². The molecular formula is C30H38F2N4O4. The van der Waals surface area contributed by atoms with E-state index in [4.69, 9.17) is 0 Å². The second-order valence-corrected chi connectivity index (χ2v) is 10.7. The van der Waals surface area contributed by atoms with Crippen molar-refractivity contribution < 1.29 is 28.3 Å². The van der Waals surface area contributed by atoms with E-state index in [1.165, 1.54) is 0 Å². The molecule has 2 aromatic rings. The number of aliphatic hydroxyl groups is 1. The highest BCUT2D eigenvalue weighted by molar-refractivity contribution is 5.91. The molecule has 0 aliphatic carbocycles. The molecule has 0 aromatic heterocycles. The lowest BCUT2D eigenvalue weighted by Crippen LogP contribution is -2.64. The minimum absolute atomic E-state index is 0.0746. The summed E-state index contributed by atoms with van der Waals surface area (Å²) in [4.78, 5) is 43.2. The molecule has 3 N–H and O–H groups in total. The van der Waals surface area contributed by atoms with Crippen LogP contribution in [0, 0.1) is 23.5 Å². The summed E-state index contributed by atoms with van der Waals surface area (Å²) in [6, 6.07) is 10.4. The Hall–Kier alpha value is -3.37. The third-order valence-corrected chi connectivity index (χ3v) is 7.80. The van der Waals surface area contributed by atoms with Crippen LogP contribution in [0.25, 0.3) is 0 Å². The van der Waals surface area contributed by atoms with Crippen LogP contribution in [-0.2, 0) is 27.3 Å². The predicted octanol–water partition coefficient (Wildman–Crippen LogP) is 2.25. The molecule has 2 heterocycles. The van der Waals surface area contributed by atoms with E-state index in [-0.39, 0.29) is 30.3 Å². The van der Waals surface area contributed by atoms with E-state index in [0.29, 0.717) is 32.6 Å². The Morgan fingerprint density at radius 1 is 1.05 bits per heavy atom. The lowest BCUT2D eigenvalue weighted by atomic mass is 9.90. The van der Waals surface area contributed by atoms with Crippen molar-refractivity contribution in [3.63, 3.8) is 0 Å². The van der Waals surface area contributed by atoms with Gasteiger partial charge >= 0.3 is 0 Å². The minimum Gasteiger partial charge on any atom is -0.389 e. The second-order valence-electron chi connectivity index (χ2n) is 10.7. The highest BCUT2D eigenvalue weighted by Gasteiger charge is 2.45. The van der Waals surface area contributed by atoms with Gasteiger partial charge in [-0.2, -0.15) is 0 Å². The highest BCUT2D eigenvalue weighted by atomic mass is 19.1. The van der Waals surface area contributed by atoms with Gasteiger partial charge in [-0.15, -0.1) is 0 Å². The van der Waals surface area contributed by atoms with Crippen molar-refractivity contribution in [1.82, 2.24) is 20.4 Å². The molecule has 216 valence electrons. The zero-order valence-electron chi connectivity index (χ0n) is 23.0. The summed E-state index contributed by atoms with van der Waals surface area (Å²) in [6.07, 6.45) is -0.263. The summed E-state index contributed by atoms with van der Waals surface area (Å²) in [5, 5.41) is 17.4. The number of likely N-dealkylation sites (tertiary alicyclic amines) is 1. The van der Waals surface area contributed by atoms with E-state index >= 15 is 0 Å². The molecule has 2 aliphatic heterocycles. The van der Waals surface area contributed by atoms with Gasteiger partial charge in [-0.3, -0.25) is 14.4 Å². The number of carbonyl (C=O) groups excluding carboxylic acids is 3. The normalized spacial score (nSPS) is 22.9. The molecule has 8 nitrogen and oxygen atoms in total. The summed E-state index contributed by atoms with van der Waals surface area (Å²) in [5.74, 6) is -3.52. The first-order valence-electron chi connectivity index (χ1n) is 14.0. The van der Waals surface area contributed by atoms with Crippen LogP contribution >= 0.6 is 0 Å². The Morgan fingerprint density at radius 2 is 1.75 bits per heavy atom. The van der Waals surface area contributed by atoms with Gasteiger partial charge in [0.15, 0.2) is 0 Å². The number of rotatable bonds is 11. The smallest absolute Gasteiger partial charge is 0.242 e. The Bertz CT molecular complexity index is 1180. The maximum atomic E-state index is 14.0. The van der Waals surface area contributed by atoms with E-state index in [9.17, 15) is 28.3 Å². The second kappa shape index (κ2) is 13.3. The Labute approximate surface area is 233 Å². The zero-order chi connectivity index (χ0) is 28.8. The maximum Gasteiger partial charge on any atom is 0.242 e. The molecule has 2 aromatic carbocycles. The molecule has 0 bridgehead atoms. The topological polar surface area (TPSA) is 102 Å². The number of benzene rings is 2. The number of carbonyl (C=O) groups is 3. The van der Waals surface area contributed by atoms with Crippen LogP contribution in [0.4, 0.5) is 8.78 Å². The average Bonchev–Trinajstić information content (AvgIpc) is 3.24. The average molecular weight is 557 g/mol. The van der Waals surface area contributed by atoms with Gasteiger partial charge in [0.05, 0.1) is 24.0 Å². The van der Waals surface area contributed by atoms with Gasteiger partial charge in [0, 0.05) is 38.8 Å². The van der Waals surface area contributed by atoms with Crippen molar-refractivity contribution in [3.05, 3.63) is 71.3 Å². The number of nitrogens with one attached hydrogen (secondary N) is 2. The van der Waals surface area contributed by atoms with Crippen LogP contribution in [0.15, 0.2) is 48.5 Å². The van der Waals surface area contributed by atoms with Gasteiger partial charge in [0.1, 0.15) is 17.7 Å². The van der Waals surface area contributed by atoms with E-state index in [1.807, 2.05) is 44.2 Å². The molecule has 4 rings (SSSR count). The standard InChI is InChI=1S/C30H38F2N4O4/c1-3-11-35-18-24(23(4-2)29(35)39)28(38)34-25(15-20-13-21(31)16-22(32)14-20)27(37)26-30(40)36(12-10-33-26)17-19-8-6-5-7-9-19/h5-9,13-14,16,23-27,33,37H,3-4,10-12,15,17-18H2,1-2H3,(H,34,38)/t23?,24?,25-,26-,27-/m0/s1. The molecule has 0 radical (unpaired) electrons. The molecule has 0 spiro atoms. The fourth-order valence-corrected chi connectivity index (χ4v) is 5.80. The van der Waals surface area contributed by atoms with E-state index in [2.05, 4.69) is 10.6 Å². The van der Waals surface area contributed by atoms with Crippen molar-refractivity contribution in [3.8, 4) is 0 Å². The zero-order valence-corrected chi connectivity index (χ0v) is 23.0. The highest BCUT2D eigenvalue weighted by Crippen LogP contribution is 2.28. The van der Waals surface area contributed by atoms with Crippen molar-refractivity contribution in [2.75, 3.05) is 26.2 Å². The Kier molecular flexibility index (Phi) is 9.86. The molecule has 0 saturated carbocycles. The van der Waals surface area contributed by atoms with Crippen LogP contribution in [0.1, 0.15) is 37.8 Å². The third-order valence-electron chi connectivity index (χ3n) is 7.80. The number of hydrogen-bond acceptors (Lipinski definition) is 5. The number of aliphatic hydroxyl groups excluding tert-OH is 1. The van der Waals surface area contributed by atoms with Crippen molar-refractivity contribution >= 4 is 17.7 Å². The molecule has 3 amide bonds. The van der Waals surface area contributed by atoms with Crippen LogP contribution in [0.2, 0.25) is 0 Å². The number of nitrogens with zero attached hydrogens (tertiary/aromatic N) is 2. The molecular weight excluding hydrogens is 518 g/mol. The fourth-order valence-electron chi connectivity index (χ4n) is 5.80. The first-order chi connectivity index (χ1) is 19.2. The van der Waals surface area contributed by atoms with E-state index in [1.54, 1.807) is 9.80 Å². The molecule has 5 atom stereocenters. The van der Waals surface area contributed by atoms with E-state index in [0.717, 1.165) is 30.2 Å². The first kappa shape index (κ1) is 29.6. The Balaban J connectivity index is 1.56. The number of amides is 3. The molecule has 2 saturated heterocycles. The lowest BCUT2D eigenvalue weighted by molar-refractivity contribution is -0.141. The molecule has 10 heteroatoms. The quantitative estimate of drug-likeness (QED) is 0.394. The third kappa shape index (κ3) is 6.85. The monoisotopic (exact) mass is 556 g/mol. The minimum atomic E-state index is -1.40. The van der Waals surface area contributed by atoms with Crippen LogP contribution < -0.4 is 10.6 Å². The summed E-state index contributed by atoms with van der Waals surface area (Å²) in [6.45, 7) is 5.86. The number of halogens is 2. The molecule has 2 unspecified atom stereocenters. The summed E-state index contributed by atoms with van der Waals surface area (Å²) >= 11 is 0. The van der Waals surface area contributed by atoms with Gasteiger partial charge in [-0.05, 0) is 42.5 Å². The van der Waals surface area contributed by atoms with Crippen LogP contribution in [0.5, 0.6) is 0 Å². The summed E-state index contributed by atoms with van der Waals surface area (Å²) < 4.78 is 28.0.